The van der Waals surface area contributed by atoms with Crippen LogP contribution in [-0.4, -0.2) is 29.8 Å². The molecule has 1 fully saturated rings. The number of aromatic nitrogens is 1. The maximum absolute atomic E-state index is 6.23. The first-order chi connectivity index (χ1) is 12.4. The molecule has 2 aromatic rings. The fraction of sp³-hybridized carbons (Fsp3) is 0.350. The minimum Gasteiger partial charge on any atom is -0.464 e. The van der Waals surface area contributed by atoms with Gasteiger partial charge in [0.15, 0.2) is 0 Å². The summed E-state index contributed by atoms with van der Waals surface area (Å²) in [7, 11) is -0.537. The molecule has 0 amide bonds. The summed E-state index contributed by atoms with van der Waals surface area (Å²) in [5.41, 5.74) is 2.81. The van der Waals surface area contributed by atoms with Crippen LogP contribution in [0.5, 0.6) is 0 Å². The van der Waals surface area contributed by atoms with Crippen LogP contribution in [0.1, 0.15) is 33.3 Å². The van der Waals surface area contributed by atoms with Crippen LogP contribution in [0.4, 0.5) is 0 Å². The van der Waals surface area contributed by atoms with Gasteiger partial charge >= 0.3 is 7.12 Å². The molecule has 4 rings (SSSR count). The highest BCUT2D eigenvalue weighted by molar-refractivity contribution is 6.60. The van der Waals surface area contributed by atoms with Gasteiger partial charge in [0.05, 0.1) is 11.2 Å². The Morgan fingerprint density at radius 3 is 2.54 bits per heavy atom. The molecule has 6 heteroatoms. The molecule has 0 atom stereocenters. The van der Waals surface area contributed by atoms with Crippen molar-refractivity contribution in [2.75, 3.05) is 6.54 Å². The summed E-state index contributed by atoms with van der Waals surface area (Å²) in [6.45, 7) is 8.97. The van der Waals surface area contributed by atoms with Crippen molar-refractivity contribution in [2.45, 2.75) is 38.9 Å². The zero-order valence-electron chi connectivity index (χ0n) is 15.6. The Kier molecular flexibility index (Phi) is 4.05. The van der Waals surface area contributed by atoms with Crippen molar-refractivity contribution >= 4 is 18.4 Å². The van der Waals surface area contributed by atoms with Crippen molar-refractivity contribution in [1.82, 2.24) is 10.3 Å². The van der Waals surface area contributed by atoms with Crippen LogP contribution in [0, 0.1) is 0 Å². The lowest BCUT2D eigenvalue weighted by molar-refractivity contribution is 0.00578. The van der Waals surface area contributed by atoms with Gasteiger partial charge in [0.1, 0.15) is 11.4 Å². The van der Waals surface area contributed by atoms with Crippen LogP contribution >= 0.6 is 0 Å². The summed E-state index contributed by atoms with van der Waals surface area (Å²) < 4.78 is 18.5. The number of allylic oxidation sites excluding steroid dienone is 2. The highest BCUT2D eigenvalue weighted by Crippen LogP contribution is 2.38. The van der Waals surface area contributed by atoms with Gasteiger partial charge in [-0.1, -0.05) is 12.2 Å². The number of nitrogens with one attached hydrogen (secondary N) is 1. The first-order valence-corrected chi connectivity index (χ1v) is 8.88. The average molecular weight is 350 g/mol. The van der Waals surface area contributed by atoms with Gasteiger partial charge in [-0.15, -0.1) is 0 Å². The van der Waals surface area contributed by atoms with Crippen LogP contribution in [0.3, 0.4) is 0 Å². The average Bonchev–Trinajstić information content (AvgIpc) is 3.16. The standard InChI is InChI=1S/C20H23BN2O3/c1-19(2)20(3,4)26-21(25-19)17-11-16(14-7-5-9-22-12-14)18(24-17)15-8-6-10-23-13-15/h5-8,10-13,22H,9H2,1-4H3. The molecule has 0 radical (unpaired) electrons. The van der Waals surface area contributed by atoms with E-state index in [2.05, 4.69) is 22.5 Å². The van der Waals surface area contributed by atoms with Gasteiger partial charge in [-0.05, 0) is 45.9 Å². The van der Waals surface area contributed by atoms with E-state index in [-0.39, 0.29) is 0 Å². The molecule has 0 aliphatic carbocycles. The molecule has 0 spiro atoms. The van der Waals surface area contributed by atoms with Crippen molar-refractivity contribution in [3.05, 3.63) is 54.5 Å². The molecule has 0 unspecified atom stereocenters. The second-order valence-corrected chi connectivity index (χ2v) is 7.63. The van der Waals surface area contributed by atoms with Gasteiger partial charge in [-0.2, -0.15) is 0 Å². The molecule has 4 heterocycles. The lowest BCUT2D eigenvalue weighted by Gasteiger charge is -2.32. The molecule has 134 valence electrons. The molecule has 0 aromatic carbocycles. The Hall–Kier alpha value is -2.31. The van der Waals surface area contributed by atoms with E-state index in [4.69, 9.17) is 13.7 Å². The fourth-order valence-corrected chi connectivity index (χ4v) is 3.05. The molecule has 0 saturated carbocycles. The van der Waals surface area contributed by atoms with Crippen LogP contribution in [0.25, 0.3) is 16.9 Å². The van der Waals surface area contributed by atoms with Crippen molar-refractivity contribution in [1.29, 1.82) is 0 Å². The third-order valence-corrected chi connectivity index (χ3v) is 5.26. The van der Waals surface area contributed by atoms with Gasteiger partial charge in [0.2, 0.25) is 0 Å². The lowest BCUT2D eigenvalue weighted by atomic mass is 9.85. The highest BCUT2D eigenvalue weighted by Gasteiger charge is 2.53. The summed E-state index contributed by atoms with van der Waals surface area (Å²) in [5.74, 6) is 0.766. The Bertz CT molecular complexity index is 852. The topological polar surface area (TPSA) is 56.5 Å². The van der Waals surface area contributed by atoms with E-state index in [1.807, 2.05) is 52.1 Å². The third kappa shape index (κ3) is 2.89. The summed E-state index contributed by atoms with van der Waals surface area (Å²) in [4.78, 5) is 4.22. The summed E-state index contributed by atoms with van der Waals surface area (Å²) in [6, 6.07) is 5.90. The van der Waals surface area contributed by atoms with E-state index >= 15 is 0 Å². The fourth-order valence-electron chi connectivity index (χ4n) is 3.05. The third-order valence-electron chi connectivity index (χ3n) is 5.26. The predicted octanol–water partition coefficient (Wildman–Crippen LogP) is 3.14. The molecule has 1 N–H and O–H groups in total. The number of rotatable bonds is 3. The maximum Gasteiger partial charge on any atom is 0.532 e. The molecule has 26 heavy (non-hydrogen) atoms. The summed E-state index contributed by atoms with van der Waals surface area (Å²) >= 11 is 0. The largest absolute Gasteiger partial charge is 0.532 e. The van der Waals surface area contributed by atoms with Crippen LogP contribution in [0.15, 0.2) is 53.4 Å². The molecular weight excluding hydrogens is 327 g/mol. The highest BCUT2D eigenvalue weighted by atomic mass is 16.7. The number of furan rings is 1. The van der Waals surface area contributed by atoms with E-state index in [0.29, 0.717) is 5.66 Å². The normalized spacial score (nSPS) is 20.8. The van der Waals surface area contributed by atoms with Crippen LogP contribution in [0.2, 0.25) is 0 Å². The molecule has 2 aliphatic rings. The van der Waals surface area contributed by atoms with Gasteiger partial charge in [-0.25, -0.2) is 0 Å². The van der Waals surface area contributed by atoms with Crippen molar-refractivity contribution in [3.8, 4) is 11.3 Å². The number of hydrogen-bond donors (Lipinski definition) is 1. The number of hydrogen-bond acceptors (Lipinski definition) is 5. The first kappa shape index (κ1) is 17.1. The van der Waals surface area contributed by atoms with Gasteiger partial charge in [-0.3, -0.25) is 4.98 Å². The molecule has 2 aromatic heterocycles. The first-order valence-electron chi connectivity index (χ1n) is 8.88. The van der Waals surface area contributed by atoms with Gasteiger partial charge in [0.25, 0.3) is 0 Å². The maximum atomic E-state index is 6.23. The van der Waals surface area contributed by atoms with E-state index in [0.717, 1.165) is 29.0 Å². The Morgan fingerprint density at radius 1 is 1.15 bits per heavy atom. The van der Waals surface area contributed by atoms with Crippen LogP contribution in [-0.2, 0) is 9.31 Å². The minimum atomic E-state index is -0.537. The SMILES string of the molecule is CC1(C)OB(c2cc(C3=CNCC=C3)c(-c3cccnc3)o2)OC1(C)C. The number of nitrogens with zero attached hydrogens (tertiary/aromatic N) is 1. The van der Waals surface area contributed by atoms with E-state index in [1.165, 1.54) is 0 Å². The quantitative estimate of drug-likeness (QED) is 0.862. The van der Waals surface area contributed by atoms with Crippen molar-refractivity contribution in [3.63, 3.8) is 0 Å². The van der Waals surface area contributed by atoms with E-state index in [9.17, 15) is 0 Å². The molecule has 0 bridgehead atoms. The van der Waals surface area contributed by atoms with Crippen LogP contribution < -0.4 is 11.0 Å². The van der Waals surface area contributed by atoms with Gasteiger partial charge < -0.3 is 19.0 Å². The molecule has 5 nitrogen and oxygen atoms in total. The Labute approximate surface area is 154 Å². The molecule has 2 aliphatic heterocycles. The number of pyridine rings is 1. The summed E-state index contributed by atoms with van der Waals surface area (Å²) in [6.07, 6.45) is 9.73. The number of dihydropyridines is 1. The summed E-state index contributed by atoms with van der Waals surface area (Å²) in [5, 5.41) is 3.25. The van der Waals surface area contributed by atoms with E-state index < -0.39 is 18.3 Å². The van der Waals surface area contributed by atoms with Gasteiger partial charge in [0, 0.05) is 41.8 Å². The second kappa shape index (κ2) is 6.14. The Balaban J connectivity index is 1.77. The predicted molar refractivity (Wildman–Crippen MR) is 103 cm³/mol. The molecular formula is C20H23BN2O3. The monoisotopic (exact) mass is 350 g/mol. The minimum absolute atomic E-state index is 0.412. The smallest absolute Gasteiger partial charge is 0.464 e. The second-order valence-electron chi connectivity index (χ2n) is 7.63. The van der Waals surface area contributed by atoms with Crippen molar-refractivity contribution in [2.24, 2.45) is 0 Å². The Morgan fingerprint density at radius 2 is 1.92 bits per heavy atom. The molecule has 1 saturated heterocycles. The van der Waals surface area contributed by atoms with E-state index in [1.54, 1.807) is 12.4 Å². The zero-order chi connectivity index (χ0) is 18.4. The van der Waals surface area contributed by atoms with Crippen molar-refractivity contribution < 1.29 is 13.7 Å². The lowest BCUT2D eigenvalue weighted by Crippen LogP contribution is -2.41. The zero-order valence-corrected chi connectivity index (χ0v) is 15.6.